The van der Waals surface area contributed by atoms with Gasteiger partial charge < -0.3 is 14.2 Å². The van der Waals surface area contributed by atoms with Crippen molar-refractivity contribution in [3.63, 3.8) is 0 Å². The number of aromatic nitrogens is 8. The van der Waals surface area contributed by atoms with Gasteiger partial charge in [-0.3, -0.25) is 14.5 Å². The van der Waals surface area contributed by atoms with Crippen LogP contribution in [0.3, 0.4) is 0 Å². The zero-order chi connectivity index (χ0) is 36.4. The summed E-state index contributed by atoms with van der Waals surface area (Å²) in [6, 6.07) is 15.5. The number of benzene rings is 3. The molecule has 3 aromatic carbocycles. The number of rotatable bonds is 8. The first-order valence-electron chi connectivity index (χ1n) is 17.2. The number of pyridine rings is 1. The van der Waals surface area contributed by atoms with Crippen molar-refractivity contribution in [3.8, 4) is 28.3 Å². The first-order valence-corrected chi connectivity index (χ1v) is 18.0. The number of nitrogens with zero attached hydrogens (tertiary/aromatic N) is 8. The molecule has 1 atom stereocenters. The molecule has 5 heterocycles. The Kier molecular flexibility index (Phi) is 8.50. The number of carbonyl (C=O) groups excluding carboxylic acids is 1. The SMILES string of the molecule is Cc1cc(OCCCc2c3n(c4c(-c5c(C)nn(C)c5C)c(Cl)ccc24)[C@H](C)CN(c2ccnc4ccc(-c5nn[nH]n5)cc24)C3=O)cc(C)c1Cl. The van der Waals surface area contributed by atoms with Crippen molar-refractivity contribution in [2.45, 2.75) is 53.5 Å². The van der Waals surface area contributed by atoms with Crippen LogP contribution in [0.2, 0.25) is 10.0 Å². The Hall–Kier alpha value is -5.26. The van der Waals surface area contributed by atoms with Crippen molar-refractivity contribution >= 4 is 56.6 Å². The molecule has 0 saturated carbocycles. The van der Waals surface area contributed by atoms with Gasteiger partial charge >= 0.3 is 0 Å². The lowest BCUT2D eigenvalue weighted by molar-refractivity contribution is 0.0957. The molecule has 7 aromatic rings. The van der Waals surface area contributed by atoms with Gasteiger partial charge in [0.2, 0.25) is 5.82 Å². The number of tetrazole rings is 1. The van der Waals surface area contributed by atoms with Gasteiger partial charge in [0.05, 0.1) is 34.0 Å². The Morgan fingerprint density at radius 3 is 2.48 bits per heavy atom. The number of ether oxygens (including phenoxy) is 1. The van der Waals surface area contributed by atoms with Crippen LogP contribution in [0.5, 0.6) is 5.75 Å². The third-order valence-corrected chi connectivity index (χ3v) is 11.1. The molecule has 13 heteroatoms. The fraction of sp³-hybridized carbons (Fsp3) is 0.282. The highest BCUT2D eigenvalue weighted by molar-refractivity contribution is 6.35. The number of aromatic amines is 1. The molecule has 264 valence electrons. The molecule has 1 aliphatic heterocycles. The van der Waals surface area contributed by atoms with Crippen LogP contribution in [0, 0.1) is 27.7 Å². The molecule has 11 nitrogen and oxygen atoms in total. The third-order valence-electron chi connectivity index (χ3n) is 10.2. The second-order valence-electron chi connectivity index (χ2n) is 13.6. The third kappa shape index (κ3) is 5.50. The Bertz CT molecular complexity index is 2510. The van der Waals surface area contributed by atoms with E-state index in [0.29, 0.717) is 42.5 Å². The number of fused-ring (bicyclic) bond motifs is 4. The highest BCUT2D eigenvalue weighted by Gasteiger charge is 2.37. The van der Waals surface area contributed by atoms with E-state index in [4.69, 9.17) is 33.0 Å². The number of halogens is 2. The number of anilines is 1. The van der Waals surface area contributed by atoms with Gasteiger partial charge in [0.1, 0.15) is 11.4 Å². The molecule has 0 fully saturated rings. The summed E-state index contributed by atoms with van der Waals surface area (Å²) in [6.07, 6.45) is 3.05. The fourth-order valence-corrected chi connectivity index (χ4v) is 8.08. The van der Waals surface area contributed by atoms with Gasteiger partial charge in [-0.2, -0.15) is 10.3 Å². The first-order chi connectivity index (χ1) is 25.0. The average Bonchev–Trinajstić information content (AvgIpc) is 3.84. The molecule has 1 N–H and O–H groups in total. The summed E-state index contributed by atoms with van der Waals surface area (Å²) in [5.74, 6) is 1.16. The molecule has 52 heavy (non-hydrogen) atoms. The summed E-state index contributed by atoms with van der Waals surface area (Å²) < 4.78 is 10.3. The van der Waals surface area contributed by atoms with Gasteiger partial charge in [-0.25, -0.2) is 0 Å². The maximum absolute atomic E-state index is 15.1. The lowest BCUT2D eigenvalue weighted by Crippen LogP contribution is -2.42. The molecule has 0 aliphatic carbocycles. The summed E-state index contributed by atoms with van der Waals surface area (Å²) in [5, 5.41) is 22.5. The number of nitrogens with one attached hydrogen (secondary N) is 1. The van der Waals surface area contributed by atoms with E-state index in [1.165, 1.54) is 0 Å². The molecular weight excluding hydrogens is 697 g/mol. The van der Waals surface area contributed by atoms with Crippen molar-refractivity contribution in [3.05, 3.63) is 98.5 Å². The average molecular weight is 735 g/mol. The highest BCUT2D eigenvalue weighted by Crippen LogP contribution is 2.45. The van der Waals surface area contributed by atoms with Crippen LogP contribution >= 0.6 is 23.2 Å². The fourth-order valence-electron chi connectivity index (χ4n) is 7.73. The van der Waals surface area contributed by atoms with Crippen molar-refractivity contribution in [1.82, 2.24) is 40.0 Å². The van der Waals surface area contributed by atoms with E-state index in [0.717, 1.165) is 83.0 Å². The molecule has 8 rings (SSSR count). The van der Waals surface area contributed by atoms with Crippen molar-refractivity contribution in [2.75, 3.05) is 18.1 Å². The van der Waals surface area contributed by atoms with E-state index in [-0.39, 0.29) is 11.9 Å². The number of aryl methyl sites for hydroxylation is 5. The number of amides is 1. The Morgan fingerprint density at radius 1 is 0.981 bits per heavy atom. The van der Waals surface area contributed by atoms with Crippen molar-refractivity contribution in [2.24, 2.45) is 7.05 Å². The normalized spacial score (nSPS) is 14.5. The Morgan fingerprint density at radius 2 is 1.77 bits per heavy atom. The topological polar surface area (TPSA) is 120 Å². The summed E-state index contributed by atoms with van der Waals surface area (Å²) in [7, 11) is 1.94. The smallest absolute Gasteiger partial charge is 0.275 e. The molecule has 0 unspecified atom stereocenters. The molecule has 0 spiro atoms. The van der Waals surface area contributed by atoms with E-state index in [2.05, 4.69) is 50.1 Å². The maximum Gasteiger partial charge on any atom is 0.275 e. The van der Waals surface area contributed by atoms with E-state index in [9.17, 15) is 0 Å². The summed E-state index contributed by atoms with van der Waals surface area (Å²) in [5.41, 5.74) is 10.6. The summed E-state index contributed by atoms with van der Waals surface area (Å²) >= 11 is 13.5. The predicted molar refractivity (Wildman–Crippen MR) is 205 cm³/mol. The zero-order valence-electron chi connectivity index (χ0n) is 29.8. The summed E-state index contributed by atoms with van der Waals surface area (Å²) in [4.78, 5) is 21.6. The van der Waals surface area contributed by atoms with Crippen LogP contribution in [0.4, 0.5) is 5.69 Å². The quantitative estimate of drug-likeness (QED) is 0.156. The number of hydrogen-bond donors (Lipinski definition) is 1. The Labute approximate surface area is 310 Å². The minimum absolute atomic E-state index is 0.0895. The van der Waals surface area contributed by atoms with E-state index < -0.39 is 0 Å². The second-order valence-corrected chi connectivity index (χ2v) is 14.4. The van der Waals surface area contributed by atoms with Gasteiger partial charge in [-0.15, -0.1) is 10.2 Å². The minimum atomic E-state index is -0.0988. The molecular formula is C39H37Cl2N9O2. The van der Waals surface area contributed by atoms with Gasteiger partial charge in [-0.05, 0) is 112 Å². The van der Waals surface area contributed by atoms with E-state index in [1.54, 1.807) is 6.20 Å². The van der Waals surface area contributed by atoms with Gasteiger partial charge in [0, 0.05) is 64.0 Å². The van der Waals surface area contributed by atoms with Crippen LogP contribution in [0.1, 0.15) is 58.0 Å². The Balaban J connectivity index is 1.26. The summed E-state index contributed by atoms with van der Waals surface area (Å²) in [6.45, 7) is 11.1. The van der Waals surface area contributed by atoms with Crippen molar-refractivity contribution in [1.29, 1.82) is 0 Å². The second kappa shape index (κ2) is 13.1. The van der Waals surface area contributed by atoms with Crippen LogP contribution in [0.15, 0.2) is 54.7 Å². The molecule has 0 bridgehead atoms. The molecule has 4 aromatic heterocycles. The van der Waals surface area contributed by atoms with Gasteiger partial charge in [-0.1, -0.05) is 29.3 Å². The first kappa shape index (κ1) is 33.9. The maximum atomic E-state index is 15.1. The lowest BCUT2D eigenvalue weighted by Gasteiger charge is -2.35. The lowest BCUT2D eigenvalue weighted by atomic mass is 9.98. The highest BCUT2D eigenvalue weighted by atomic mass is 35.5. The van der Waals surface area contributed by atoms with Gasteiger partial charge in [0.15, 0.2) is 0 Å². The van der Waals surface area contributed by atoms with E-state index >= 15 is 4.79 Å². The molecule has 1 amide bonds. The molecule has 1 aliphatic rings. The molecule has 0 radical (unpaired) electrons. The largest absolute Gasteiger partial charge is 0.494 e. The number of H-pyrrole nitrogens is 1. The van der Waals surface area contributed by atoms with Crippen LogP contribution in [-0.2, 0) is 13.5 Å². The monoisotopic (exact) mass is 733 g/mol. The van der Waals surface area contributed by atoms with Crippen LogP contribution in [0.25, 0.3) is 44.3 Å². The predicted octanol–water partition coefficient (Wildman–Crippen LogP) is 8.54. The van der Waals surface area contributed by atoms with Crippen molar-refractivity contribution < 1.29 is 9.53 Å². The van der Waals surface area contributed by atoms with Gasteiger partial charge in [0.25, 0.3) is 5.91 Å². The van der Waals surface area contributed by atoms with E-state index in [1.807, 2.05) is 79.9 Å². The number of hydrogen-bond acceptors (Lipinski definition) is 7. The molecule has 0 saturated heterocycles. The number of carbonyl (C=O) groups is 1. The minimum Gasteiger partial charge on any atom is -0.494 e. The van der Waals surface area contributed by atoms with Crippen LogP contribution in [-0.4, -0.2) is 59.0 Å². The zero-order valence-corrected chi connectivity index (χ0v) is 31.3. The van der Waals surface area contributed by atoms with Crippen LogP contribution < -0.4 is 9.64 Å². The standard InChI is InChI=1S/C39H37Cl2N9O2/c1-20-16-26(17-21(2)35(20)41)52-15-7-8-27-28-10-11-30(40)34(33-23(4)45-48(6)24(33)5)36(28)50-22(3)19-49(39(51)37(27)50)32-13-14-42-31-12-9-25(18-29(31)32)38-43-46-47-44-38/h9-14,16-18,22H,7-8,15,19H2,1-6H3,(H,43,44,46,47)/t22-/m1/s1.